The lowest BCUT2D eigenvalue weighted by Crippen LogP contribution is -2.41. The predicted molar refractivity (Wildman–Crippen MR) is 106 cm³/mol. The van der Waals surface area contributed by atoms with Gasteiger partial charge < -0.3 is 9.30 Å². The number of rotatable bonds is 7. The van der Waals surface area contributed by atoms with E-state index in [4.69, 9.17) is 4.74 Å². The first-order valence-corrected chi connectivity index (χ1v) is 9.95. The Morgan fingerprint density at radius 2 is 1.64 bits per heavy atom. The quantitative estimate of drug-likeness (QED) is 0.630. The molecule has 5 rings (SSSR count). The number of nitrogens with zero attached hydrogens (tertiary/aromatic N) is 4. The van der Waals surface area contributed by atoms with Crippen molar-refractivity contribution in [2.75, 3.05) is 7.11 Å². The van der Waals surface area contributed by atoms with Crippen LogP contribution in [0, 0.1) is 11.8 Å². The molecule has 0 radical (unpaired) electrons. The molecule has 7 nitrogen and oxygen atoms in total. The number of fused-ring (bicyclic) bond motifs is 1. The fourth-order valence-electron chi connectivity index (χ4n) is 3.73. The maximum Gasteiger partial charge on any atom is 0.332 e. The molecule has 7 heteroatoms. The molecule has 2 aliphatic rings. The minimum atomic E-state index is -0.218. The van der Waals surface area contributed by atoms with Gasteiger partial charge >= 0.3 is 5.69 Å². The molecule has 0 saturated heterocycles. The van der Waals surface area contributed by atoms with Gasteiger partial charge in [-0.1, -0.05) is 12.1 Å². The van der Waals surface area contributed by atoms with E-state index in [1.165, 1.54) is 4.57 Å². The highest BCUT2D eigenvalue weighted by atomic mass is 16.5. The number of aromatic nitrogens is 4. The van der Waals surface area contributed by atoms with Gasteiger partial charge in [0.25, 0.3) is 5.56 Å². The van der Waals surface area contributed by atoms with Crippen molar-refractivity contribution in [2.24, 2.45) is 11.8 Å². The molecule has 0 bridgehead atoms. The topological polar surface area (TPSA) is 71.1 Å². The zero-order valence-corrected chi connectivity index (χ0v) is 16.0. The van der Waals surface area contributed by atoms with E-state index in [0.717, 1.165) is 37.0 Å². The molecule has 2 aromatic heterocycles. The first kappa shape index (κ1) is 17.3. The largest absolute Gasteiger partial charge is 0.497 e. The van der Waals surface area contributed by atoms with Gasteiger partial charge in [0.05, 0.1) is 13.4 Å². The highest BCUT2D eigenvalue weighted by Gasteiger charge is 2.28. The summed E-state index contributed by atoms with van der Waals surface area (Å²) in [4.78, 5) is 30.7. The highest BCUT2D eigenvalue weighted by Crippen LogP contribution is 2.31. The molecule has 0 spiro atoms. The zero-order valence-electron chi connectivity index (χ0n) is 16.0. The van der Waals surface area contributed by atoms with Crippen LogP contribution in [0.25, 0.3) is 11.2 Å². The Hall–Kier alpha value is -2.83. The van der Waals surface area contributed by atoms with Crippen molar-refractivity contribution in [2.45, 2.75) is 45.3 Å². The predicted octanol–water partition coefficient (Wildman–Crippen LogP) is 2.24. The van der Waals surface area contributed by atoms with E-state index in [1.807, 2.05) is 28.8 Å². The summed E-state index contributed by atoms with van der Waals surface area (Å²) in [5.41, 5.74) is 1.67. The van der Waals surface area contributed by atoms with Gasteiger partial charge in [-0.3, -0.25) is 13.9 Å². The second-order valence-electron chi connectivity index (χ2n) is 8.09. The molecule has 0 N–H and O–H groups in total. The van der Waals surface area contributed by atoms with Crippen molar-refractivity contribution in [1.29, 1.82) is 0 Å². The fourth-order valence-corrected chi connectivity index (χ4v) is 3.73. The van der Waals surface area contributed by atoms with Gasteiger partial charge in [0.2, 0.25) is 0 Å². The smallest absolute Gasteiger partial charge is 0.332 e. The standard InChI is InChI=1S/C21H24N4O3/c1-28-17-8-6-14(7-9-17)10-23-13-22-19-18(23)20(26)25(12-16-4-5-16)21(27)24(19)11-15-2-3-15/h6-9,13,15-16H,2-5,10-12H2,1H3. The van der Waals surface area contributed by atoms with Crippen molar-refractivity contribution in [3.05, 3.63) is 57.0 Å². The molecular weight excluding hydrogens is 356 g/mol. The first-order chi connectivity index (χ1) is 13.6. The van der Waals surface area contributed by atoms with Crippen molar-refractivity contribution >= 4 is 11.2 Å². The summed E-state index contributed by atoms with van der Waals surface area (Å²) in [6.45, 7) is 1.70. The summed E-state index contributed by atoms with van der Waals surface area (Å²) in [6, 6.07) is 7.77. The summed E-state index contributed by atoms with van der Waals surface area (Å²) < 4.78 is 10.2. The molecule has 2 fully saturated rings. The van der Waals surface area contributed by atoms with Gasteiger partial charge in [0.15, 0.2) is 11.2 Å². The highest BCUT2D eigenvalue weighted by molar-refractivity contribution is 5.70. The Bertz CT molecular complexity index is 1130. The maximum atomic E-state index is 13.2. The van der Waals surface area contributed by atoms with Crippen LogP contribution < -0.4 is 16.0 Å². The van der Waals surface area contributed by atoms with Gasteiger partial charge in [0, 0.05) is 19.6 Å². The van der Waals surface area contributed by atoms with E-state index in [0.29, 0.717) is 42.6 Å². The second kappa shape index (κ2) is 6.65. The van der Waals surface area contributed by atoms with Crippen LogP contribution in [0.15, 0.2) is 40.2 Å². The number of imidazole rings is 1. The molecule has 0 atom stereocenters. The maximum absolute atomic E-state index is 13.2. The molecule has 28 heavy (non-hydrogen) atoms. The normalized spacial score (nSPS) is 16.6. The molecule has 3 aromatic rings. The molecule has 146 valence electrons. The summed E-state index contributed by atoms with van der Waals surface area (Å²) in [7, 11) is 1.64. The van der Waals surface area contributed by atoms with Crippen LogP contribution in [0.4, 0.5) is 0 Å². The van der Waals surface area contributed by atoms with Gasteiger partial charge in [-0.05, 0) is 55.2 Å². The number of methoxy groups -OCH3 is 1. The lowest BCUT2D eigenvalue weighted by Gasteiger charge is -2.12. The summed E-state index contributed by atoms with van der Waals surface area (Å²) in [5, 5.41) is 0. The van der Waals surface area contributed by atoms with E-state index >= 15 is 0 Å². The molecule has 2 aliphatic carbocycles. The molecule has 1 aromatic carbocycles. The van der Waals surface area contributed by atoms with Gasteiger partial charge in [0.1, 0.15) is 5.75 Å². The van der Waals surface area contributed by atoms with Crippen LogP contribution in [0.5, 0.6) is 5.75 Å². The molecule has 0 amide bonds. The van der Waals surface area contributed by atoms with Gasteiger partial charge in [-0.25, -0.2) is 9.78 Å². The number of hydrogen-bond donors (Lipinski definition) is 0. The Labute approximate surface area is 162 Å². The average molecular weight is 380 g/mol. The van der Waals surface area contributed by atoms with E-state index < -0.39 is 0 Å². The Morgan fingerprint density at radius 3 is 2.25 bits per heavy atom. The van der Waals surface area contributed by atoms with E-state index in [1.54, 1.807) is 18.0 Å². The van der Waals surface area contributed by atoms with Crippen molar-refractivity contribution < 1.29 is 4.74 Å². The van der Waals surface area contributed by atoms with Gasteiger partial charge in [-0.15, -0.1) is 0 Å². The monoisotopic (exact) mass is 380 g/mol. The average Bonchev–Trinajstić information content (AvgIpc) is 3.63. The Balaban J connectivity index is 1.61. The first-order valence-electron chi connectivity index (χ1n) is 9.95. The molecule has 0 unspecified atom stereocenters. The summed E-state index contributed by atoms with van der Waals surface area (Å²) >= 11 is 0. The van der Waals surface area contributed by atoms with Crippen LogP contribution in [0.3, 0.4) is 0 Å². The van der Waals surface area contributed by atoms with Crippen LogP contribution in [0.2, 0.25) is 0 Å². The molecular formula is C21H24N4O3. The SMILES string of the molecule is COc1ccc(Cn2cnc3c2c(=O)n(CC2CC2)c(=O)n3CC2CC2)cc1. The van der Waals surface area contributed by atoms with Crippen LogP contribution in [0.1, 0.15) is 31.2 Å². The van der Waals surface area contributed by atoms with Crippen LogP contribution >= 0.6 is 0 Å². The lowest BCUT2D eigenvalue weighted by molar-refractivity contribution is 0.414. The lowest BCUT2D eigenvalue weighted by atomic mass is 10.2. The second-order valence-corrected chi connectivity index (χ2v) is 8.09. The fraction of sp³-hybridized carbons (Fsp3) is 0.476. The summed E-state index contributed by atoms with van der Waals surface area (Å²) in [5.74, 6) is 1.78. The van der Waals surface area contributed by atoms with E-state index in [9.17, 15) is 9.59 Å². The third-order valence-electron chi connectivity index (χ3n) is 5.77. The number of ether oxygens (including phenoxy) is 1. The molecule has 2 saturated carbocycles. The van der Waals surface area contributed by atoms with E-state index in [2.05, 4.69) is 4.98 Å². The van der Waals surface area contributed by atoms with Crippen molar-refractivity contribution in [1.82, 2.24) is 18.7 Å². The Kier molecular flexibility index (Phi) is 4.10. The third kappa shape index (κ3) is 3.15. The number of benzene rings is 1. The van der Waals surface area contributed by atoms with Crippen molar-refractivity contribution in [3.63, 3.8) is 0 Å². The van der Waals surface area contributed by atoms with Crippen LogP contribution in [-0.4, -0.2) is 25.8 Å². The van der Waals surface area contributed by atoms with Crippen molar-refractivity contribution in [3.8, 4) is 5.75 Å². The zero-order chi connectivity index (χ0) is 19.3. The third-order valence-corrected chi connectivity index (χ3v) is 5.77. The van der Waals surface area contributed by atoms with Crippen LogP contribution in [-0.2, 0) is 19.6 Å². The number of hydrogen-bond acceptors (Lipinski definition) is 4. The molecule has 0 aliphatic heterocycles. The minimum absolute atomic E-state index is 0.203. The summed E-state index contributed by atoms with van der Waals surface area (Å²) in [6.07, 6.45) is 6.15. The Morgan fingerprint density at radius 1 is 1.00 bits per heavy atom. The van der Waals surface area contributed by atoms with E-state index in [-0.39, 0.29) is 11.2 Å². The molecule has 2 heterocycles. The van der Waals surface area contributed by atoms with Gasteiger partial charge in [-0.2, -0.15) is 0 Å². The minimum Gasteiger partial charge on any atom is -0.497 e.